The minimum atomic E-state index is 0.871. The normalized spacial score (nSPS) is 21.1. The van der Waals surface area contributed by atoms with Gasteiger partial charge in [0.15, 0.2) is 0 Å². The van der Waals surface area contributed by atoms with Gasteiger partial charge in [0.25, 0.3) is 0 Å². The van der Waals surface area contributed by atoms with E-state index in [-0.39, 0.29) is 0 Å². The second-order valence-electron chi connectivity index (χ2n) is 3.59. The number of rotatable bonds is 3. The fourth-order valence-electron chi connectivity index (χ4n) is 1.60. The van der Waals surface area contributed by atoms with Crippen molar-refractivity contribution in [2.45, 2.75) is 6.42 Å². The first-order valence-electron chi connectivity index (χ1n) is 4.92. The average molecular weight is 319 g/mol. The Bertz CT molecular complexity index is 297. The first kappa shape index (κ1) is 10.6. The van der Waals surface area contributed by atoms with Crippen LogP contribution in [-0.4, -0.2) is 18.1 Å². The molecule has 14 heavy (non-hydrogen) atoms. The summed E-state index contributed by atoms with van der Waals surface area (Å²) in [6.07, 6.45) is 1.38. The molecule has 1 aromatic rings. The monoisotopic (exact) mass is 319 g/mol. The molecule has 0 saturated carbocycles. The van der Waals surface area contributed by atoms with Gasteiger partial charge in [-0.1, -0.05) is 12.1 Å². The van der Waals surface area contributed by atoms with Crippen LogP contribution < -0.4 is 5.32 Å². The van der Waals surface area contributed by atoms with Crippen LogP contribution in [0, 0.1) is 9.49 Å². The molecular weight excluding hydrogens is 305 g/mol. The second kappa shape index (κ2) is 5.26. The van der Waals surface area contributed by atoms with Crippen molar-refractivity contribution in [2.24, 2.45) is 5.92 Å². The lowest BCUT2D eigenvalue weighted by Gasteiger charge is -2.12. The van der Waals surface area contributed by atoms with Crippen LogP contribution in [0.25, 0.3) is 0 Å². The molecule has 0 aliphatic carbocycles. The van der Waals surface area contributed by atoms with Gasteiger partial charge in [-0.3, -0.25) is 0 Å². The van der Waals surface area contributed by atoms with Crippen molar-refractivity contribution in [1.29, 1.82) is 0 Å². The van der Waals surface area contributed by atoms with Gasteiger partial charge in [-0.2, -0.15) is 11.8 Å². The van der Waals surface area contributed by atoms with E-state index in [1.807, 2.05) is 0 Å². The number of benzene rings is 1. The molecule has 3 heteroatoms. The summed E-state index contributed by atoms with van der Waals surface area (Å²) in [5, 5.41) is 3.53. The quantitative estimate of drug-likeness (QED) is 0.857. The standard InChI is InChI=1S/C11H14INS/c12-10-3-1-2-4-11(10)13-7-9-5-6-14-8-9/h1-4,9,13H,5-8H2. The molecule has 1 aromatic carbocycles. The predicted octanol–water partition coefficient (Wildman–Crippen LogP) is 3.46. The highest BCUT2D eigenvalue weighted by atomic mass is 127. The van der Waals surface area contributed by atoms with E-state index in [1.165, 1.54) is 27.2 Å². The maximum atomic E-state index is 3.53. The van der Waals surface area contributed by atoms with Crippen LogP contribution in [0.1, 0.15) is 6.42 Å². The average Bonchev–Trinajstić information content (AvgIpc) is 2.69. The van der Waals surface area contributed by atoms with E-state index in [9.17, 15) is 0 Å². The number of hydrogen-bond donors (Lipinski definition) is 1. The van der Waals surface area contributed by atoms with Crippen molar-refractivity contribution in [3.8, 4) is 0 Å². The Morgan fingerprint density at radius 3 is 3.00 bits per heavy atom. The maximum Gasteiger partial charge on any atom is 0.0475 e. The van der Waals surface area contributed by atoms with Crippen molar-refractivity contribution in [2.75, 3.05) is 23.4 Å². The Morgan fingerprint density at radius 1 is 1.43 bits per heavy atom. The second-order valence-corrected chi connectivity index (χ2v) is 5.90. The lowest BCUT2D eigenvalue weighted by Crippen LogP contribution is -2.13. The molecule has 1 unspecified atom stereocenters. The molecule has 0 aromatic heterocycles. The Morgan fingerprint density at radius 2 is 2.29 bits per heavy atom. The highest BCUT2D eigenvalue weighted by Crippen LogP contribution is 2.24. The lowest BCUT2D eigenvalue weighted by molar-refractivity contribution is 0.631. The Kier molecular flexibility index (Phi) is 3.99. The van der Waals surface area contributed by atoms with Gasteiger partial charge >= 0.3 is 0 Å². The zero-order chi connectivity index (χ0) is 9.80. The molecule has 0 spiro atoms. The molecule has 2 rings (SSSR count). The largest absolute Gasteiger partial charge is 0.384 e. The van der Waals surface area contributed by atoms with Gasteiger partial charge in [0.2, 0.25) is 0 Å². The molecule has 1 N–H and O–H groups in total. The van der Waals surface area contributed by atoms with E-state index in [4.69, 9.17) is 0 Å². The number of para-hydroxylation sites is 1. The van der Waals surface area contributed by atoms with Crippen LogP contribution in [0.2, 0.25) is 0 Å². The highest BCUT2D eigenvalue weighted by molar-refractivity contribution is 14.1. The van der Waals surface area contributed by atoms with Crippen LogP contribution in [0.4, 0.5) is 5.69 Å². The fourth-order valence-corrected chi connectivity index (χ4v) is 3.47. The molecule has 0 amide bonds. The molecule has 1 aliphatic heterocycles. The summed E-state index contributed by atoms with van der Waals surface area (Å²) in [5.41, 5.74) is 1.28. The van der Waals surface area contributed by atoms with Gasteiger partial charge in [-0.05, 0) is 58.6 Å². The van der Waals surface area contributed by atoms with Gasteiger partial charge in [-0.15, -0.1) is 0 Å². The molecule has 1 atom stereocenters. The van der Waals surface area contributed by atoms with Crippen LogP contribution in [0.5, 0.6) is 0 Å². The van der Waals surface area contributed by atoms with E-state index in [2.05, 4.69) is 63.9 Å². The van der Waals surface area contributed by atoms with E-state index < -0.39 is 0 Å². The van der Waals surface area contributed by atoms with E-state index >= 15 is 0 Å². The van der Waals surface area contributed by atoms with Gasteiger partial charge in [0.1, 0.15) is 0 Å². The van der Waals surface area contributed by atoms with E-state index in [0.29, 0.717) is 0 Å². The van der Waals surface area contributed by atoms with Crippen molar-refractivity contribution >= 4 is 40.0 Å². The maximum absolute atomic E-state index is 3.53. The SMILES string of the molecule is Ic1ccccc1NCC1CCSC1. The Balaban J connectivity index is 1.88. The summed E-state index contributed by atoms with van der Waals surface area (Å²) in [7, 11) is 0. The minimum Gasteiger partial charge on any atom is -0.384 e. The number of thioether (sulfide) groups is 1. The van der Waals surface area contributed by atoms with Crippen molar-refractivity contribution < 1.29 is 0 Å². The smallest absolute Gasteiger partial charge is 0.0475 e. The molecule has 76 valence electrons. The summed E-state index contributed by atoms with van der Waals surface area (Å²) < 4.78 is 1.32. The van der Waals surface area contributed by atoms with E-state index in [1.54, 1.807) is 0 Å². The van der Waals surface area contributed by atoms with Crippen LogP contribution >= 0.6 is 34.4 Å². The van der Waals surface area contributed by atoms with Gasteiger partial charge in [0, 0.05) is 15.8 Å². The van der Waals surface area contributed by atoms with Gasteiger partial charge in [0.05, 0.1) is 0 Å². The number of hydrogen-bond acceptors (Lipinski definition) is 2. The summed E-state index contributed by atoms with van der Waals surface area (Å²) in [6, 6.07) is 8.47. The molecule has 1 heterocycles. The topological polar surface area (TPSA) is 12.0 Å². The zero-order valence-electron chi connectivity index (χ0n) is 8.00. The summed E-state index contributed by atoms with van der Waals surface area (Å²) in [6.45, 7) is 1.13. The highest BCUT2D eigenvalue weighted by Gasteiger charge is 2.14. The third-order valence-electron chi connectivity index (χ3n) is 2.48. The van der Waals surface area contributed by atoms with Crippen LogP contribution in [0.15, 0.2) is 24.3 Å². The predicted molar refractivity (Wildman–Crippen MR) is 73.1 cm³/mol. The first-order chi connectivity index (χ1) is 6.86. The molecule has 1 saturated heterocycles. The third kappa shape index (κ3) is 2.79. The van der Waals surface area contributed by atoms with Gasteiger partial charge < -0.3 is 5.32 Å². The lowest BCUT2D eigenvalue weighted by atomic mass is 10.1. The number of anilines is 1. The first-order valence-corrected chi connectivity index (χ1v) is 7.16. The van der Waals surface area contributed by atoms with Gasteiger partial charge in [-0.25, -0.2) is 0 Å². The van der Waals surface area contributed by atoms with Crippen molar-refractivity contribution in [3.05, 3.63) is 27.8 Å². The summed E-state index contributed by atoms with van der Waals surface area (Å²) >= 11 is 4.46. The van der Waals surface area contributed by atoms with Crippen molar-refractivity contribution in [3.63, 3.8) is 0 Å². The Labute approximate surface area is 103 Å². The molecular formula is C11H14INS. The van der Waals surface area contributed by atoms with Crippen molar-refractivity contribution in [1.82, 2.24) is 0 Å². The molecule has 1 nitrogen and oxygen atoms in total. The summed E-state index contributed by atoms with van der Waals surface area (Å²) in [5.74, 6) is 3.55. The van der Waals surface area contributed by atoms with Crippen LogP contribution in [-0.2, 0) is 0 Å². The minimum absolute atomic E-state index is 0.871. The number of nitrogens with one attached hydrogen (secondary N) is 1. The number of halogens is 1. The molecule has 1 fully saturated rings. The van der Waals surface area contributed by atoms with Crippen LogP contribution in [0.3, 0.4) is 0 Å². The third-order valence-corrected chi connectivity index (χ3v) is 4.65. The van der Waals surface area contributed by atoms with E-state index in [0.717, 1.165) is 12.5 Å². The molecule has 0 radical (unpaired) electrons. The molecule has 1 aliphatic rings. The fraction of sp³-hybridized carbons (Fsp3) is 0.455. The Hall–Kier alpha value is 0.1000. The summed E-state index contributed by atoms with van der Waals surface area (Å²) in [4.78, 5) is 0. The molecule has 0 bridgehead atoms. The zero-order valence-corrected chi connectivity index (χ0v) is 11.0.